The Hall–Kier alpha value is -2.09. The SMILES string of the molecule is N#CCc1ccc2c(c1)CC1OCCCC1C(c1c(F)cccc1Cl)N2. The van der Waals surface area contributed by atoms with Crippen LogP contribution in [0.2, 0.25) is 5.02 Å². The van der Waals surface area contributed by atoms with Gasteiger partial charge in [0.2, 0.25) is 0 Å². The maximum absolute atomic E-state index is 14.7. The zero-order chi connectivity index (χ0) is 18.1. The van der Waals surface area contributed by atoms with Crippen LogP contribution >= 0.6 is 11.6 Å². The van der Waals surface area contributed by atoms with Crippen molar-refractivity contribution < 1.29 is 9.13 Å². The topological polar surface area (TPSA) is 45.0 Å². The van der Waals surface area contributed by atoms with E-state index in [-0.39, 0.29) is 23.9 Å². The van der Waals surface area contributed by atoms with Crippen LogP contribution in [0.5, 0.6) is 0 Å². The van der Waals surface area contributed by atoms with Gasteiger partial charge >= 0.3 is 0 Å². The van der Waals surface area contributed by atoms with E-state index < -0.39 is 0 Å². The first kappa shape index (κ1) is 17.3. The maximum atomic E-state index is 14.7. The van der Waals surface area contributed by atoms with Gasteiger partial charge in [0.15, 0.2) is 0 Å². The number of anilines is 1. The van der Waals surface area contributed by atoms with Gasteiger partial charge in [-0.3, -0.25) is 0 Å². The summed E-state index contributed by atoms with van der Waals surface area (Å²) in [7, 11) is 0. The molecule has 2 aromatic rings. The number of fused-ring (bicyclic) bond motifs is 2. The lowest BCUT2D eigenvalue weighted by Gasteiger charge is -2.36. The van der Waals surface area contributed by atoms with Crippen molar-refractivity contribution in [2.45, 2.75) is 37.8 Å². The largest absolute Gasteiger partial charge is 0.377 e. The van der Waals surface area contributed by atoms with E-state index in [9.17, 15) is 4.39 Å². The van der Waals surface area contributed by atoms with Gasteiger partial charge in [-0.25, -0.2) is 4.39 Å². The Morgan fingerprint density at radius 2 is 2.19 bits per heavy atom. The van der Waals surface area contributed by atoms with E-state index in [1.54, 1.807) is 12.1 Å². The first-order valence-corrected chi connectivity index (χ1v) is 9.36. The highest BCUT2D eigenvalue weighted by atomic mass is 35.5. The lowest BCUT2D eigenvalue weighted by Crippen LogP contribution is -2.36. The molecule has 0 spiro atoms. The minimum absolute atomic E-state index is 0.00973. The van der Waals surface area contributed by atoms with Gasteiger partial charge in [0.25, 0.3) is 0 Å². The fourth-order valence-electron chi connectivity index (χ4n) is 4.20. The van der Waals surface area contributed by atoms with Crippen LogP contribution in [0.3, 0.4) is 0 Å². The molecule has 134 valence electrons. The number of hydrogen-bond acceptors (Lipinski definition) is 3. The number of benzene rings is 2. The molecule has 2 aliphatic rings. The highest BCUT2D eigenvalue weighted by Crippen LogP contribution is 2.43. The van der Waals surface area contributed by atoms with E-state index >= 15 is 0 Å². The van der Waals surface area contributed by atoms with Crippen LogP contribution in [0.15, 0.2) is 36.4 Å². The third-order valence-electron chi connectivity index (χ3n) is 5.42. The summed E-state index contributed by atoms with van der Waals surface area (Å²) in [6.07, 6.45) is 3.07. The number of hydrogen-bond donors (Lipinski definition) is 1. The molecule has 0 amide bonds. The average molecular weight is 371 g/mol. The fourth-order valence-corrected chi connectivity index (χ4v) is 4.48. The number of nitriles is 1. The molecule has 2 aliphatic heterocycles. The number of nitrogens with zero attached hydrogens (tertiary/aromatic N) is 1. The number of ether oxygens (including phenoxy) is 1. The third-order valence-corrected chi connectivity index (χ3v) is 5.74. The van der Waals surface area contributed by atoms with E-state index in [1.807, 2.05) is 12.1 Å². The van der Waals surface area contributed by atoms with E-state index in [0.717, 1.165) is 42.7 Å². The van der Waals surface area contributed by atoms with Crippen molar-refractivity contribution in [1.29, 1.82) is 5.26 Å². The predicted octanol–water partition coefficient (Wildman–Crippen LogP) is 5.05. The van der Waals surface area contributed by atoms with E-state index in [1.165, 1.54) is 6.07 Å². The van der Waals surface area contributed by atoms with Crippen LogP contribution < -0.4 is 5.32 Å². The van der Waals surface area contributed by atoms with Crippen molar-refractivity contribution in [2.75, 3.05) is 11.9 Å². The molecule has 0 bridgehead atoms. The summed E-state index contributed by atoms with van der Waals surface area (Å²) in [5.41, 5.74) is 3.59. The molecule has 4 rings (SSSR count). The zero-order valence-corrected chi connectivity index (χ0v) is 15.1. The minimum atomic E-state index is -0.288. The summed E-state index contributed by atoms with van der Waals surface area (Å²) in [6, 6.07) is 12.8. The second kappa shape index (κ2) is 7.26. The van der Waals surface area contributed by atoms with Crippen LogP contribution in [-0.4, -0.2) is 12.7 Å². The van der Waals surface area contributed by atoms with Crippen LogP contribution in [0.25, 0.3) is 0 Å². The quantitative estimate of drug-likeness (QED) is 0.804. The van der Waals surface area contributed by atoms with Crippen molar-refractivity contribution >= 4 is 17.3 Å². The lowest BCUT2D eigenvalue weighted by atomic mass is 9.82. The van der Waals surface area contributed by atoms with Crippen LogP contribution in [0.1, 0.15) is 35.6 Å². The molecule has 5 heteroatoms. The van der Waals surface area contributed by atoms with Gasteiger partial charge in [-0.05, 0) is 42.2 Å². The van der Waals surface area contributed by atoms with Crippen molar-refractivity contribution in [1.82, 2.24) is 0 Å². The van der Waals surface area contributed by atoms with E-state index in [0.29, 0.717) is 17.0 Å². The fraction of sp³-hybridized carbons (Fsp3) is 0.381. The van der Waals surface area contributed by atoms with Gasteiger partial charge in [-0.2, -0.15) is 5.26 Å². The smallest absolute Gasteiger partial charge is 0.129 e. The second-order valence-electron chi connectivity index (χ2n) is 7.00. The molecule has 1 saturated heterocycles. The highest BCUT2D eigenvalue weighted by Gasteiger charge is 2.38. The van der Waals surface area contributed by atoms with Gasteiger partial charge in [0, 0.05) is 35.2 Å². The molecular weight excluding hydrogens is 351 g/mol. The van der Waals surface area contributed by atoms with Gasteiger partial charge in [-0.15, -0.1) is 0 Å². The maximum Gasteiger partial charge on any atom is 0.129 e. The van der Waals surface area contributed by atoms with Crippen LogP contribution in [-0.2, 0) is 17.6 Å². The lowest BCUT2D eigenvalue weighted by molar-refractivity contribution is -0.0306. The van der Waals surface area contributed by atoms with Gasteiger partial charge in [0.05, 0.1) is 24.6 Å². The van der Waals surface area contributed by atoms with Crippen LogP contribution in [0, 0.1) is 23.1 Å². The molecular formula is C21H20ClFN2O. The molecule has 0 radical (unpaired) electrons. The summed E-state index contributed by atoms with van der Waals surface area (Å²) >= 11 is 6.38. The van der Waals surface area contributed by atoms with Crippen molar-refractivity contribution in [3.63, 3.8) is 0 Å². The number of halogens is 2. The monoisotopic (exact) mass is 370 g/mol. The highest BCUT2D eigenvalue weighted by molar-refractivity contribution is 6.31. The zero-order valence-electron chi connectivity index (χ0n) is 14.3. The molecule has 0 aromatic heterocycles. The first-order valence-electron chi connectivity index (χ1n) is 8.98. The molecule has 1 fully saturated rings. The van der Waals surface area contributed by atoms with Crippen molar-refractivity contribution in [3.05, 3.63) is 63.9 Å². The molecule has 2 aromatic carbocycles. The summed E-state index contributed by atoms with van der Waals surface area (Å²) in [5, 5.41) is 13.0. The van der Waals surface area contributed by atoms with Gasteiger partial charge < -0.3 is 10.1 Å². The Morgan fingerprint density at radius 3 is 3.00 bits per heavy atom. The Kier molecular flexibility index (Phi) is 4.84. The Morgan fingerprint density at radius 1 is 1.31 bits per heavy atom. The number of nitrogens with one attached hydrogen (secondary N) is 1. The molecule has 0 saturated carbocycles. The molecule has 2 heterocycles. The molecule has 26 heavy (non-hydrogen) atoms. The molecule has 0 aliphatic carbocycles. The van der Waals surface area contributed by atoms with Gasteiger partial charge in [-0.1, -0.05) is 29.8 Å². The average Bonchev–Trinajstić information content (AvgIpc) is 2.78. The molecule has 1 N–H and O–H groups in total. The minimum Gasteiger partial charge on any atom is -0.377 e. The summed E-state index contributed by atoms with van der Waals surface area (Å²) in [6.45, 7) is 0.728. The Balaban J connectivity index is 1.79. The molecule has 3 nitrogen and oxygen atoms in total. The predicted molar refractivity (Wildman–Crippen MR) is 99.7 cm³/mol. The molecule has 3 atom stereocenters. The van der Waals surface area contributed by atoms with Crippen molar-refractivity contribution in [3.8, 4) is 6.07 Å². The Labute approximate surface area is 157 Å². The van der Waals surface area contributed by atoms with Gasteiger partial charge in [0.1, 0.15) is 5.82 Å². The van der Waals surface area contributed by atoms with E-state index in [2.05, 4.69) is 17.5 Å². The van der Waals surface area contributed by atoms with E-state index in [4.69, 9.17) is 21.6 Å². The first-order chi connectivity index (χ1) is 12.7. The normalized spacial score (nSPS) is 24.6. The van der Waals surface area contributed by atoms with Crippen LogP contribution in [0.4, 0.5) is 10.1 Å². The molecule has 3 unspecified atom stereocenters. The summed E-state index contributed by atoms with van der Waals surface area (Å²) < 4.78 is 20.7. The summed E-state index contributed by atoms with van der Waals surface area (Å²) in [4.78, 5) is 0. The standard InChI is InChI=1S/C21H20ClFN2O/c22-16-4-1-5-17(23)20(16)21-15-3-2-10-26-19(15)12-14-11-13(8-9-24)6-7-18(14)25-21/h1,4-7,11,15,19,21,25H,2-3,8,10,12H2. The third kappa shape index (κ3) is 3.18. The number of rotatable bonds is 2. The summed E-state index contributed by atoms with van der Waals surface area (Å²) in [5.74, 6) is -0.145. The van der Waals surface area contributed by atoms with Crippen molar-refractivity contribution in [2.24, 2.45) is 5.92 Å². The Bertz CT molecular complexity index is 843. The second-order valence-corrected chi connectivity index (χ2v) is 7.41.